The van der Waals surface area contributed by atoms with Gasteiger partial charge in [-0.3, -0.25) is 9.59 Å². The highest BCUT2D eigenvalue weighted by molar-refractivity contribution is 6.07. The number of para-hydroxylation sites is 1. The molecule has 1 fully saturated rings. The van der Waals surface area contributed by atoms with Crippen LogP contribution in [0.1, 0.15) is 21.8 Å². The molecule has 0 unspecified atom stereocenters. The summed E-state index contributed by atoms with van der Waals surface area (Å²) in [6.45, 7) is 0.257. The molecule has 27 heavy (non-hydrogen) atoms. The van der Waals surface area contributed by atoms with Gasteiger partial charge in [0.15, 0.2) is 0 Å². The lowest BCUT2D eigenvalue weighted by atomic mass is 9.72. The van der Waals surface area contributed by atoms with Gasteiger partial charge in [-0.25, -0.2) is 0 Å². The Morgan fingerprint density at radius 3 is 2.52 bits per heavy atom. The van der Waals surface area contributed by atoms with Gasteiger partial charge < -0.3 is 19.6 Å². The van der Waals surface area contributed by atoms with Crippen molar-refractivity contribution >= 4 is 17.5 Å². The van der Waals surface area contributed by atoms with Crippen LogP contribution >= 0.6 is 0 Å². The van der Waals surface area contributed by atoms with Crippen molar-refractivity contribution in [3.63, 3.8) is 0 Å². The van der Waals surface area contributed by atoms with E-state index in [1.807, 2.05) is 42.5 Å². The molecule has 3 atom stereocenters. The third kappa shape index (κ3) is 2.81. The Hall–Kier alpha value is -2.70. The van der Waals surface area contributed by atoms with E-state index in [2.05, 4.69) is 0 Å². The number of hydrogen-bond donors (Lipinski definition) is 1. The lowest BCUT2D eigenvalue weighted by Gasteiger charge is -2.58. The van der Waals surface area contributed by atoms with E-state index in [1.165, 1.54) is 7.11 Å². The van der Waals surface area contributed by atoms with E-state index in [1.54, 1.807) is 21.9 Å². The van der Waals surface area contributed by atoms with Gasteiger partial charge in [-0.15, -0.1) is 0 Å². The molecular formula is C21H22N2O4. The molecule has 0 saturated carbocycles. The van der Waals surface area contributed by atoms with E-state index in [4.69, 9.17) is 4.74 Å². The van der Waals surface area contributed by atoms with Crippen molar-refractivity contribution in [2.45, 2.75) is 18.0 Å². The molecule has 1 N–H and O–H groups in total. The Bertz CT molecular complexity index is 854. The van der Waals surface area contributed by atoms with Crippen LogP contribution in [-0.4, -0.2) is 60.8 Å². The Balaban J connectivity index is 1.72. The highest BCUT2D eigenvalue weighted by atomic mass is 16.5. The number of aliphatic hydroxyl groups is 1. The second kappa shape index (κ2) is 7.13. The van der Waals surface area contributed by atoms with Crippen LogP contribution in [0.15, 0.2) is 54.6 Å². The first kappa shape index (κ1) is 17.7. The van der Waals surface area contributed by atoms with Gasteiger partial charge in [0.2, 0.25) is 5.91 Å². The maximum Gasteiger partial charge on any atom is 0.258 e. The van der Waals surface area contributed by atoms with E-state index in [9.17, 15) is 14.7 Å². The van der Waals surface area contributed by atoms with Crippen molar-refractivity contribution in [1.29, 1.82) is 0 Å². The summed E-state index contributed by atoms with van der Waals surface area (Å²) in [5.41, 5.74) is 2.46. The molecule has 4 rings (SSSR count). The molecule has 2 aromatic rings. The molecule has 2 amide bonds. The Kier molecular flexibility index (Phi) is 4.68. The van der Waals surface area contributed by atoms with E-state index < -0.39 is 0 Å². The second-order valence-corrected chi connectivity index (χ2v) is 6.92. The summed E-state index contributed by atoms with van der Waals surface area (Å²) in [6.07, 6.45) is 0. The molecule has 0 radical (unpaired) electrons. The van der Waals surface area contributed by atoms with Crippen LogP contribution in [0.2, 0.25) is 0 Å². The van der Waals surface area contributed by atoms with Crippen molar-refractivity contribution in [3.8, 4) is 0 Å². The van der Waals surface area contributed by atoms with E-state index in [0.717, 1.165) is 11.3 Å². The van der Waals surface area contributed by atoms with Crippen LogP contribution in [0.5, 0.6) is 0 Å². The fraction of sp³-hybridized carbons (Fsp3) is 0.333. The molecule has 0 aliphatic carbocycles. The summed E-state index contributed by atoms with van der Waals surface area (Å²) in [5, 5.41) is 9.88. The Labute approximate surface area is 158 Å². The molecule has 0 bridgehead atoms. The van der Waals surface area contributed by atoms with Gasteiger partial charge in [-0.1, -0.05) is 36.4 Å². The van der Waals surface area contributed by atoms with Crippen molar-refractivity contribution < 1.29 is 19.4 Å². The number of benzene rings is 2. The zero-order valence-electron chi connectivity index (χ0n) is 15.1. The number of rotatable bonds is 4. The minimum atomic E-state index is -0.284. The van der Waals surface area contributed by atoms with Gasteiger partial charge >= 0.3 is 0 Å². The van der Waals surface area contributed by atoms with Gasteiger partial charge in [0.05, 0.1) is 18.7 Å². The first-order chi connectivity index (χ1) is 13.2. The summed E-state index contributed by atoms with van der Waals surface area (Å²) in [5.74, 6) is -0.232. The first-order valence-electron chi connectivity index (χ1n) is 9.04. The third-order valence-electron chi connectivity index (χ3n) is 5.51. The van der Waals surface area contributed by atoms with Gasteiger partial charge in [0, 0.05) is 30.8 Å². The van der Waals surface area contributed by atoms with E-state index in [-0.39, 0.29) is 43.0 Å². The number of carbonyl (C=O) groups is 2. The number of nitrogens with zero attached hydrogens (tertiary/aromatic N) is 2. The molecule has 0 spiro atoms. The number of anilines is 1. The average Bonchev–Trinajstić information content (AvgIpc) is 2.68. The van der Waals surface area contributed by atoms with Gasteiger partial charge in [0.25, 0.3) is 5.91 Å². The standard InChI is InChI=1S/C21H22N2O4/c1-27-13-19(25)23-17-11-22(21(26)14-7-3-2-4-8-14)16-10-6-5-9-15(16)20(17)18(23)12-24/h2-10,17-18,20,24H,11-13H2,1H3/t17-,18+,20+/m1/s1. The van der Waals surface area contributed by atoms with Crippen molar-refractivity contribution in [1.82, 2.24) is 4.90 Å². The normalized spacial score (nSPS) is 23.3. The summed E-state index contributed by atoms with van der Waals surface area (Å²) in [4.78, 5) is 29.1. The SMILES string of the molecule is COCC(=O)N1[C@@H]2CN(C(=O)c3ccccc3)c3ccccc3[C@@H]2[C@@H]1CO. The maximum atomic E-state index is 13.1. The number of likely N-dealkylation sites (tertiary alicyclic amines) is 1. The molecule has 2 heterocycles. The number of methoxy groups -OCH3 is 1. The largest absolute Gasteiger partial charge is 0.394 e. The van der Waals surface area contributed by atoms with Crippen molar-refractivity contribution in [2.75, 3.05) is 31.8 Å². The fourth-order valence-electron chi connectivity index (χ4n) is 4.36. The quantitative estimate of drug-likeness (QED) is 0.893. The molecular weight excluding hydrogens is 344 g/mol. The van der Waals surface area contributed by atoms with Crippen LogP contribution in [0.25, 0.3) is 0 Å². The number of amides is 2. The van der Waals surface area contributed by atoms with Gasteiger partial charge in [-0.2, -0.15) is 0 Å². The van der Waals surface area contributed by atoms with Crippen LogP contribution in [0.4, 0.5) is 5.69 Å². The fourth-order valence-corrected chi connectivity index (χ4v) is 4.36. The lowest BCUT2D eigenvalue weighted by molar-refractivity contribution is -0.154. The maximum absolute atomic E-state index is 13.1. The molecule has 2 aliphatic heterocycles. The van der Waals surface area contributed by atoms with E-state index >= 15 is 0 Å². The third-order valence-corrected chi connectivity index (χ3v) is 5.51. The average molecular weight is 366 g/mol. The zero-order chi connectivity index (χ0) is 19.0. The first-order valence-corrected chi connectivity index (χ1v) is 9.04. The number of ether oxygens (including phenoxy) is 1. The van der Waals surface area contributed by atoms with Crippen LogP contribution in [-0.2, 0) is 9.53 Å². The summed E-state index contributed by atoms with van der Waals surface area (Å²) >= 11 is 0. The monoisotopic (exact) mass is 366 g/mol. The second-order valence-electron chi connectivity index (χ2n) is 6.92. The summed E-state index contributed by atoms with van der Waals surface area (Å²) in [6, 6.07) is 16.4. The van der Waals surface area contributed by atoms with Crippen LogP contribution in [0.3, 0.4) is 0 Å². The predicted molar refractivity (Wildman–Crippen MR) is 101 cm³/mol. The molecule has 6 nitrogen and oxygen atoms in total. The molecule has 1 saturated heterocycles. The summed E-state index contributed by atoms with van der Waals surface area (Å²) in [7, 11) is 1.48. The highest BCUT2D eigenvalue weighted by Crippen LogP contribution is 2.48. The van der Waals surface area contributed by atoms with Crippen molar-refractivity contribution in [2.24, 2.45) is 0 Å². The minimum Gasteiger partial charge on any atom is -0.394 e. The highest BCUT2D eigenvalue weighted by Gasteiger charge is 2.55. The Morgan fingerprint density at radius 1 is 1.11 bits per heavy atom. The number of aliphatic hydroxyl groups excluding tert-OH is 1. The minimum absolute atomic E-state index is 0.0202. The lowest BCUT2D eigenvalue weighted by Crippen LogP contribution is -2.71. The molecule has 2 aromatic carbocycles. The zero-order valence-corrected chi connectivity index (χ0v) is 15.1. The number of fused-ring (bicyclic) bond motifs is 3. The summed E-state index contributed by atoms with van der Waals surface area (Å²) < 4.78 is 4.99. The smallest absolute Gasteiger partial charge is 0.258 e. The van der Waals surface area contributed by atoms with E-state index in [0.29, 0.717) is 12.1 Å². The van der Waals surface area contributed by atoms with Gasteiger partial charge in [0.1, 0.15) is 6.61 Å². The molecule has 0 aromatic heterocycles. The molecule has 2 aliphatic rings. The van der Waals surface area contributed by atoms with Gasteiger partial charge in [-0.05, 0) is 23.8 Å². The number of hydrogen-bond acceptors (Lipinski definition) is 4. The van der Waals surface area contributed by atoms with Crippen LogP contribution < -0.4 is 4.90 Å². The molecule has 140 valence electrons. The van der Waals surface area contributed by atoms with Crippen LogP contribution in [0, 0.1) is 0 Å². The number of carbonyl (C=O) groups excluding carboxylic acids is 2. The predicted octanol–water partition coefficient (Wildman–Crippen LogP) is 1.65. The van der Waals surface area contributed by atoms with Crippen molar-refractivity contribution in [3.05, 3.63) is 65.7 Å². The topological polar surface area (TPSA) is 70.1 Å². The Morgan fingerprint density at radius 2 is 1.81 bits per heavy atom. The molecule has 6 heteroatoms.